The fourth-order valence-electron chi connectivity index (χ4n) is 3.29. The molecular formula is C19H21N3O2. The second-order valence-corrected chi connectivity index (χ2v) is 7.02. The molecule has 0 spiro atoms. The van der Waals surface area contributed by atoms with Crippen LogP contribution in [0, 0.1) is 5.92 Å². The zero-order valence-electron chi connectivity index (χ0n) is 13.6. The molecule has 0 aliphatic heterocycles. The molecule has 0 unspecified atom stereocenters. The van der Waals surface area contributed by atoms with Crippen molar-refractivity contribution >= 4 is 5.91 Å². The highest BCUT2D eigenvalue weighted by Gasteiger charge is 2.24. The van der Waals surface area contributed by atoms with Crippen LogP contribution >= 0.6 is 0 Å². The van der Waals surface area contributed by atoms with Gasteiger partial charge in [0.15, 0.2) is 0 Å². The Morgan fingerprint density at radius 1 is 1.21 bits per heavy atom. The molecule has 2 fully saturated rings. The molecule has 2 heterocycles. The predicted molar refractivity (Wildman–Crippen MR) is 91.8 cm³/mol. The number of carbonyl (C=O) groups excluding carboxylic acids is 1. The van der Waals surface area contributed by atoms with Crippen LogP contribution in [0.25, 0.3) is 11.3 Å². The number of hydrogen-bond acceptors (Lipinski definition) is 3. The largest absolute Gasteiger partial charge is 0.365 e. The van der Waals surface area contributed by atoms with Gasteiger partial charge in [0.05, 0.1) is 11.3 Å². The molecule has 0 atom stereocenters. The first kappa shape index (κ1) is 15.1. The van der Waals surface area contributed by atoms with Gasteiger partial charge < -0.3 is 10.3 Å². The third kappa shape index (κ3) is 2.86. The van der Waals surface area contributed by atoms with Crippen molar-refractivity contribution in [3.63, 3.8) is 0 Å². The molecule has 2 aromatic rings. The van der Waals surface area contributed by atoms with Crippen LogP contribution in [-0.2, 0) is 6.54 Å². The standard InChI is InChI=1S/C19H21N3O2/c20-19(24)16-11-22(9-12-2-1-3-12)10-15(18(16)23)17-7-6-14(8-21-17)13-4-5-13/h6-8,10-13H,1-5,9H2,(H2,20,24). The number of carbonyl (C=O) groups is 1. The molecule has 0 saturated heterocycles. The van der Waals surface area contributed by atoms with E-state index in [0.717, 1.165) is 6.54 Å². The molecule has 0 bridgehead atoms. The lowest BCUT2D eigenvalue weighted by atomic mass is 9.85. The van der Waals surface area contributed by atoms with Crippen LogP contribution in [0.5, 0.6) is 0 Å². The van der Waals surface area contributed by atoms with Crippen LogP contribution in [0.3, 0.4) is 0 Å². The van der Waals surface area contributed by atoms with E-state index in [1.807, 2.05) is 29.1 Å². The minimum Gasteiger partial charge on any atom is -0.365 e. The van der Waals surface area contributed by atoms with Crippen molar-refractivity contribution in [2.75, 3.05) is 0 Å². The highest BCUT2D eigenvalue weighted by molar-refractivity contribution is 5.93. The van der Waals surface area contributed by atoms with Gasteiger partial charge in [0.1, 0.15) is 5.56 Å². The molecule has 1 amide bonds. The minimum atomic E-state index is -0.682. The minimum absolute atomic E-state index is 0.0416. The maximum atomic E-state index is 12.6. The van der Waals surface area contributed by atoms with Gasteiger partial charge in [-0.25, -0.2) is 0 Å². The van der Waals surface area contributed by atoms with Gasteiger partial charge in [0.2, 0.25) is 5.43 Å². The van der Waals surface area contributed by atoms with E-state index < -0.39 is 5.91 Å². The van der Waals surface area contributed by atoms with E-state index in [0.29, 0.717) is 23.1 Å². The van der Waals surface area contributed by atoms with Crippen molar-refractivity contribution in [1.82, 2.24) is 9.55 Å². The summed E-state index contributed by atoms with van der Waals surface area (Å²) in [4.78, 5) is 28.7. The van der Waals surface area contributed by atoms with Crippen LogP contribution < -0.4 is 11.2 Å². The zero-order chi connectivity index (χ0) is 16.7. The lowest BCUT2D eigenvalue weighted by Crippen LogP contribution is -2.26. The second-order valence-electron chi connectivity index (χ2n) is 7.02. The SMILES string of the molecule is NC(=O)c1cn(CC2CCC2)cc(-c2ccc(C3CC3)cn2)c1=O. The molecule has 5 nitrogen and oxygen atoms in total. The van der Waals surface area contributed by atoms with Gasteiger partial charge in [0.25, 0.3) is 5.91 Å². The van der Waals surface area contributed by atoms with Gasteiger partial charge in [0, 0.05) is 25.1 Å². The van der Waals surface area contributed by atoms with Crippen LogP contribution in [0.4, 0.5) is 0 Å². The van der Waals surface area contributed by atoms with Gasteiger partial charge in [-0.1, -0.05) is 12.5 Å². The summed E-state index contributed by atoms with van der Waals surface area (Å²) in [6, 6.07) is 3.91. The van der Waals surface area contributed by atoms with Gasteiger partial charge in [-0.3, -0.25) is 14.6 Å². The number of amides is 1. The van der Waals surface area contributed by atoms with Crippen LogP contribution in [-0.4, -0.2) is 15.5 Å². The van der Waals surface area contributed by atoms with Crippen molar-refractivity contribution in [3.05, 3.63) is 52.1 Å². The number of nitrogens with two attached hydrogens (primary N) is 1. The summed E-state index contributed by atoms with van der Waals surface area (Å²) in [5.41, 5.74) is 7.39. The first-order chi connectivity index (χ1) is 11.6. The molecule has 2 saturated carbocycles. The fourth-order valence-corrected chi connectivity index (χ4v) is 3.29. The summed E-state index contributed by atoms with van der Waals surface area (Å²) in [7, 11) is 0. The molecule has 0 radical (unpaired) electrons. The van der Waals surface area contributed by atoms with Crippen LogP contribution in [0.1, 0.15) is 53.9 Å². The van der Waals surface area contributed by atoms with Crippen LogP contribution in [0.2, 0.25) is 0 Å². The number of rotatable bonds is 5. The molecule has 2 N–H and O–H groups in total. The lowest BCUT2D eigenvalue weighted by Gasteiger charge is -2.26. The normalized spacial score (nSPS) is 17.5. The van der Waals surface area contributed by atoms with Crippen LogP contribution in [0.15, 0.2) is 35.5 Å². The van der Waals surface area contributed by atoms with E-state index in [4.69, 9.17) is 5.73 Å². The Balaban J connectivity index is 1.73. The predicted octanol–water partition coefficient (Wildman–Crippen LogP) is 2.69. The average Bonchev–Trinajstić information content (AvgIpc) is 3.37. The average molecular weight is 323 g/mol. The Hall–Kier alpha value is -2.43. The lowest BCUT2D eigenvalue weighted by molar-refractivity contribution is 0.0998. The molecule has 4 rings (SSSR count). The Labute approximate surface area is 140 Å². The molecule has 2 aliphatic carbocycles. The second kappa shape index (κ2) is 5.89. The van der Waals surface area contributed by atoms with Gasteiger partial charge in [-0.15, -0.1) is 0 Å². The summed E-state index contributed by atoms with van der Waals surface area (Å²) in [5, 5.41) is 0. The molecule has 2 aliphatic rings. The topological polar surface area (TPSA) is 78.0 Å². The Morgan fingerprint density at radius 3 is 2.54 bits per heavy atom. The summed E-state index contributed by atoms with van der Waals surface area (Å²) in [5.74, 6) is 0.559. The van der Waals surface area contributed by atoms with Crippen molar-refractivity contribution in [1.29, 1.82) is 0 Å². The van der Waals surface area contributed by atoms with Gasteiger partial charge in [-0.05, 0) is 49.1 Å². The van der Waals surface area contributed by atoms with Crippen molar-refractivity contribution < 1.29 is 4.79 Å². The van der Waals surface area contributed by atoms with Gasteiger partial charge >= 0.3 is 0 Å². The first-order valence-corrected chi connectivity index (χ1v) is 8.62. The van der Waals surface area contributed by atoms with E-state index in [2.05, 4.69) is 4.98 Å². The monoisotopic (exact) mass is 323 g/mol. The summed E-state index contributed by atoms with van der Waals surface area (Å²) >= 11 is 0. The fraction of sp³-hybridized carbons (Fsp3) is 0.421. The number of primary amides is 1. The number of aromatic nitrogens is 2. The number of nitrogens with zero attached hydrogens (tertiary/aromatic N) is 2. The van der Waals surface area contributed by atoms with E-state index in [1.165, 1.54) is 37.7 Å². The highest BCUT2D eigenvalue weighted by Crippen LogP contribution is 2.39. The van der Waals surface area contributed by atoms with Crippen molar-refractivity contribution in [3.8, 4) is 11.3 Å². The highest BCUT2D eigenvalue weighted by atomic mass is 16.2. The van der Waals surface area contributed by atoms with E-state index >= 15 is 0 Å². The smallest absolute Gasteiger partial charge is 0.254 e. The Kier molecular flexibility index (Phi) is 3.71. The molecule has 2 aromatic heterocycles. The molecule has 0 aromatic carbocycles. The van der Waals surface area contributed by atoms with E-state index in [-0.39, 0.29) is 11.0 Å². The number of pyridine rings is 2. The van der Waals surface area contributed by atoms with Gasteiger partial charge in [-0.2, -0.15) is 0 Å². The van der Waals surface area contributed by atoms with E-state index in [1.54, 1.807) is 6.20 Å². The molecular weight excluding hydrogens is 302 g/mol. The Bertz CT molecular complexity index is 831. The molecule has 124 valence electrons. The summed E-state index contributed by atoms with van der Waals surface area (Å²) < 4.78 is 1.93. The van der Waals surface area contributed by atoms with E-state index in [9.17, 15) is 9.59 Å². The van der Waals surface area contributed by atoms with Crippen molar-refractivity contribution in [2.45, 2.75) is 44.6 Å². The summed E-state index contributed by atoms with van der Waals surface area (Å²) in [6.45, 7) is 0.813. The maximum absolute atomic E-state index is 12.6. The molecule has 24 heavy (non-hydrogen) atoms. The summed E-state index contributed by atoms with van der Waals surface area (Å²) in [6.07, 6.45) is 11.3. The number of hydrogen-bond donors (Lipinski definition) is 1. The molecule has 5 heteroatoms. The third-order valence-corrected chi connectivity index (χ3v) is 5.15. The Morgan fingerprint density at radius 2 is 2.00 bits per heavy atom. The first-order valence-electron chi connectivity index (χ1n) is 8.62. The van der Waals surface area contributed by atoms with Crippen molar-refractivity contribution in [2.24, 2.45) is 11.7 Å². The zero-order valence-corrected chi connectivity index (χ0v) is 13.6. The maximum Gasteiger partial charge on any atom is 0.254 e. The quantitative estimate of drug-likeness (QED) is 0.919. The third-order valence-electron chi connectivity index (χ3n) is 5.15.